The van der Waals surface area contributed by atoms with Crippen molar-refractivity contribution in [1.82, 2.24) is 14.8 Å². The van der Waals surface area contributed by atoms with E-state index in [0.29, 0.717) is 11.4 Å². The number of hydrogen-bond donors (Lipinski definition) is 1. The van der Waals surface area contributed by atoms with Gasteiger partial charge >= 0.3 is 0 Å². The molecule has 0 spiro atoms. The first kappa shape index (κ1) is 18.2. The van der Waals surface area contributed by atoms with Crippen molar-refractivity contribution in [1.29, 1.82) is 0 Å². The summed E-state index contributed by atoms with van der Waals surface area (Å²) in [5.74, 6) is -0.0415. The second-order valence-electron chi connectivity index (χ2n) is 5.36. The van der Waals surface area contributed by atoms with Crippen LogP contribution in [-0.4, -0.2) is 23.2 Å². The molecule has 7 nitrogen and oxygen atoms in total. The fraction of sp³-hybridized carbons (Fsp3) is 0.125. The lowest BCUT2D eigenvalue weighted by Crippen LogP contribution is -2.14. The zero-order chi connectivity index (χ0) is 18.9. The van der Waals surface area contributed by atoms with Gasteiger partial charge in [-0.1, -0.05) is 11.6 Å². The second kappa shape index (κ2) is 6.93. The first-order valence-electron chi connectivity index (χ1n) is 7.37. The monoisotopic (exact) mass is 396 g/mol. The van der Waals surface area contributed by atoms with Crippen molar-refractivity contribution in [2.75, 3.05) is 4.72 Å². The largest absolute Gasteiger partial charge is 0.436 e. The van der Waals surface area contributed by atoms with Crippen molar-refractivity contribution in [3.8, 4) is 11.6 Å². The van der Waals surface area contributed by atoms with Crippen LogP contribution in [0.1, 0.15) is 5.69 Å². The number of rotatable bonds is 5. The highest BCUT2D eigenvalue weighted by molar-refractivity contribution is 7.92. The Morgan fingerprint density at radius 2 is 2.08 bits per heavy atom. The molecule has 0 fully saturated rings. The van der Waals surface area contributed by atoms with Gasteiger partial charge in [-0.2, -0.15) is 5.10 Å². The smallest absolute Gasteiger partial charge is 0.263 e. The van der Waals surface area contributed by atoms with Crippen LogP contribution in [0.3, 0.4) is 0 Å². The lowest BCUT2D eigenvalue weighted by molar-refractivity contribution is 0.430. The van der Waals surface area contributed by atoms with E-state index in [0.717, 1.165) is 18.2 Å². The van der Waals surface area contributed by atoms with E-state index >= 15 is 0 Å². The molecule has 2 heterocycles. The Bertz CT molecular complexity index is 1050. The molecule has 3 aromatic rings. The number of aryl methyl sites for hydroxylation is 2. The number of halogens is 2. The van der Waals surface area contributed by atoms with Crippen LogP contribution in [-0.2, 0) is 17.1 Å². The Morgan fingerprint density at radius 3 is 2.73 bits per heavy atom. The molecule has 26 heavy (non-hydrogen) atoms. The number of aromatic nitrogens is 3. The topological polar surface area (TPSA) is 86.1 Å². The quantitative estimate of drug-likeness (QED) is 0.713. The van der Waals surface area contributed by atoms with Crippen LogP contribution >= 0.6 is 11.6 Å². The second-order valence-corrected chi connectivity index (χ2v) is 7.42. The minimum atomic E-state index is -4.08. The number of nitrogens with zero attached hydrogens (tertiary/aromatic N) is 3. The highest BCUT2D eigenvalue weighted by Gasteiger charge is 2.24. The molecule has 2 aromatic heterocycles. The molecule has 0 saturated heterocycles. The molecule has 0 radical (unpaired) electrons. The molecule has 0 aliphatic rings. The van der Waals surface area contributed by atoms with Crippen LogP contribution in [0.4, 0.5) is 10.1 Å². The van der Waals surface area contributed by atoms with Crippen LogP contribution in [0.2, 0.25) is 5.02 Å². The fourth-order valence-corrected chi connectivity index (χ4v) is 3.92. The van der Waals surface area contributed by atoms with E-state index in [2.05, 4.69) is 14.8 Å². The number of anilines is 1. The highest BCUT2D eigenvalue weighted by atomic mass is 35.5. The Balaban J connectivity index is 1.99. The third-order valence-electron chi connectivity index (χ3n) is 3.44. The molecule has 1 aromatic carbocycles. The van der Waals surface area contributed by atoms with Crippen molar-refractivity contribution in [2.45, 2.75) is 11.8 Å². The molecule has 10 heteroatoms. The maximum atomic E-state index is 13.2. The third kappa shape index (κ3) is 3.63. The van der Waals surface area contributed by atoms with Crippen molar-refractivity contribution >= 4 is 27.3 Å². The van der Waals surface area contributed by atoms with E-state index < -0.39 is 15.8 Å². The summed E-state index contributed by atoms with van der Waals surface area (Å²) in [4.78, 5) is 3.69. The lowest BCUT2D eigenvalue weighted by Gasteiger charge is -2.12. The third-order valence-corrected chi connectivity index (χ3v) is 5.27. The molecule has 3 rings (SSSR count). The van der Waals surface area contributed by atoms with Crippen LogP contribution in [0.25, 0.3) is 0 Å². The molecule has 0 aliphatic carbocycles. The zero-order valence-corrected chi connectivity index (χ0v) is 15.3. The minimum absolute atomic E-state index is 0.150. The Hall–Kier alpha value is -2.65. The maximum Gasteiger partial charge on any atom is 0.263 e. The van der Waals surface area contributed by atoms with Gasteiger partial charge in [-0.15, -0.1) is 0 Å². The SMILES string of the molecule is Cc1nn(C)c(Oc2cccnc2)c1NS(=O)(=O)c1ccc(F)cc1Cl. The highest BCUT2D eigenvalue weighted by Crippen LogP contribution is 2.34. The number of hydrogen-bond acceptors (Lipinski definition) is 5. The summed E-state index contributed by atoms with van der Waals surface area (Å²) in [5, 5.41) is 3.94. The molecular formula is C16H14ClFN4O3S. The van der Waals surface area contributed by atoms with E-state index in [9.17, 15) is 12.8 Å². The van der Waals surface area contributed by atoms with Gasteiger partial charge in [0.2, 0.25) is 5.88 Å². The summed E-state index contributed by atoms with van der Waals surface area (Å²) in [5.41, 5.74) is 0.546. The van der Waals surface area contributed by atoms with Crippen molar-refractivity contribution in [3.05, 3.63) is 59.3 Å². The van der Waals surface area contributed by atoms with Gasteiger partial charge in [0, 0.05) is 13.2 Å². The summed E-state index contributed by atoms with van der Waals surface area (Å²) < 4.78 is 48.1. The summed E-state index contributed by atoms with van der Waals surface area (Å²) >= 11 is 5.88. The number of ether oxygens (including phenoxy) is 1. The standard InChI is InChI=1S/C16H14ClFN4O3S/c1-10-15(16(22(2)20-10)25-12-4-3-7-19-9-12)21-26(23,24)14-6-5-11(18)8-13(14)17/h3-9,21H,1-2H3. The first-order chi connectivity index (χ1) is 12.3. The normalized spacial score (nSPS) is 11.4. The van der Waals surface area contributed by atoms with Crippen molar-refractivity contribution in [2.24, 2.45) is 7.05 Å². The van der Waals surface area contributed by atoms with Gasteiger partial charge in [-0.25, -0.2) is 17.5 Å². The van der Waals surface area contributed by atoms with Crippen molar-refractivity contribution < 1.29 is 17.5 Å². The van der Waals surface area contributed by atoms with Gasteiger partial charge in [0.1, 0.15) is 22.1 Å². The van der Waals surface area contributed by atoms with Gasteiger partial charge < -0.3 is 4.74 Å². The van der Waals surface area contributed by atoms with Gasteiger partial charge in [0.25, 0.3) is 10.0 Å². The zero-order valence-electron chi connectivity index (χ0n) is 13.8. The minimum Gasteiger partial charge on any atom is -0.436 e. The molecule has 0 aliphatic heterocycles. The Labute approximate surface area is 154 Å². The number of benzene rings is 1. The van der Waals surface area contributed by atoms with Gasteiger partial charge in [0.15, 0.2) is 0 Å². The fourth-order valence-electron chi connectivity index (χ4n) is 2.27. The molecule has 136 valence electrons. The molecule has 1 N–H and O–H groups in total. The van der Waals surface area contributed by atoms with Gasteiger partial charge in [0.05, 0.1) is 16.9 Å². The van der Waals surface area contributed by atoms with E-state index in [1.54, 1.807) is 32.3 Å². The average molecular weight is 397 g/mol. The number of pyridine rings is 1. The van der Waals surface area contributed by atoms with Crippen molar-refractivity contribution in [3.63, 3.8) is 0 Å². The van der Waals surface area contributed by atoms with E-state index in [4.69, 9.17) is 16.3 Å². The molecule has 0 atom stereocenters. The molecular weight excluding hydrogens is 383 g/mol. The predicted octanol–water partition coefficient (Wildman–Crippen LogP) is 3.51. The summed E-state index contributed by atoms with van der Waals surface area (Å²) in [6.45, 7) is 1.63. The molecule has 0 bridgehead atoms. The predicted molar refractivity (Wildman–Crippen MR) is 94.5 cm³/mol. The lowest BCUT2D eigenvalue weighted by atomic mass is 10.3. The first-order valence-corrected chi connectivity index (χ1v) is 9.23. The number of sulfonamides is 1. The summed E-state index contributed by atoms with van der Waals surface area (Å²) in [7, 11) is -2.47. The summed E-state index contributed by atoms with van der Waals surface area (Å²) in [6.07, 6.45) is 3.07. The van der Waals surface area contributed by atoms with Gasteiger partial charge in [-0.05, 0) is 37.3 Å². The maximum absolute atomic E-state index is 13.2. The molecule has 0 saturated carbocycles. The van der Waals surface area contributed by atoms with E-state index in [-0.39, 0.29) is 21.5 Å². The molecule has 0 unspecified atom stereocenters. The Morgan fingerprint density at radius 1 is 1.31 bits per heavy atom. The van der Waals surface area contributed by atoms with Crippen LogP contribution in [0.5, 0.6) is 11.6 Å². The summed E-state index contributed by atoms with van der Waals surface area (Å²) in [6, 6.07) is 6.39. The van der Waals surface area contributed by atoms with Crippen LogP contribution < -0.4 is 9.46 Å². The van der Waals surface area contributed by atoms with E-state index in [1.807, 2.05) is 0 Å². The van der Waals surface area contributed by atoms with Gasteiger partial charge in [-0.3, -0.25) is 9.71 Å². The van der Waals surface area contributed by atoms with E-state index in [1.165, 1.54) is 10.9 Å². The van der Waals surface area contributed by atoms with Crippen LogP contribution in [0, 0.1) is 12.7 Å². The average Bonchev–Trinajstić information content (AvgIpc) is 2.82. The number of nitrogens with one attached hydrogen (secondary N) is 1. The van der Waals surface area contributed by atoms with Crippen LogP contribution in [0.15, 0.2) is 47.6 Å². The molecule has 0 amide bonds. The Kier molecular flexibility index (Phi) is 4.84.